The number of hydrogen-bond donors (Lipinski definition) is 1. The van der Waals surface area contributed by atoms with Crippen LogP contribution in [0.1, 0.15) is 20.3 Å². The first-order chi connectivity index (χ1) is 7.16. The van der Waals surface area contributed by atoms with Crippen molar-refractivity contribution in [1.82, 2.24) is 10.2 Å². The maximum Gasteiger partial charge on any atom is 0.225 e. The minimum atomic E-state index is 0.0835. The molecule has 15 heavy (non-hydrogen) atoms. The average Bonchev–Trinajstić information content (AvgIpc) is 2.25. The second-order valence-electron chi connectivity index (χ2n) is 4.31. The third-order valence-electron chi connectivity index (χ3n) is 2.73. The van der Waals surface area contributed by atoms with E-state index in [1.807, 2.05) is 25.8 Å². The molecule has 0 bridgehead atoms. The fourth-order valence-electron chi connectivity index (χ4n) is 1.83. The van der Waals surface area contributed by atoms with Crippen molar-refractivity contribution in [2.45, 2.75) is 26.3 Å². The normalized spacial score (nSPS) is 22.1. The summed E-state index contributed by atoms with van der Waals surface area (Å²) in [6, 6.07) is 0.251. The summed E-state index contributed by atoms with van der Waals surface area (Å²) in [6.07, 6.45) is 0.967. The number of hydrogen-bond acceptors (Lipinski definition) is 3. The van der Waals surface area contributed by atoms with Gasteiger partial charge in [-0.2, -0.15) is 0 Å². The van der Waals surface area contributed by atoms with Crippen molar-refractivity contribution in [3.63, 3.8) is 0 Å². The average molecular weight is 214 g/mol. The number of carbonyl (C=O) groups excluding carboxylic acids is 1. The number of nitrogens with zero attached hydrogens (tertiary/aromatic N) is 1. The van der Waals surface area contributed by atoms with Gasteiger partial charge in [0.1, 0.15) is 0 Å². The van der Waals surface area contributed by atoms with Crippen LogP contribution in [0.2, 0.25) is 0 Å². The summed E-state index contributed by atoms with van der Waals surface area (Å²) in [6.45, 7) is 6.93. The highest BCUT2D eigenvalue weighted by atomic mass is 16.5. The zero-order valence-electron chi connectivity index (χ0n) is 9.95. The van der Waals surface area contributed by atoms with E-state index in [2.05, 4.69) is 5.32 Å². The Labute approximate surface area is 92.0 Å². The van der Waals surface area contributed by atoms with Crippen molar-refractivity contribution < 1.29 is 9.53 Å². The molecule has 4 heteroatoms. The molecule has 88 valence electrons. The molecule has 1 amide bonds. The maximum atomic E-state index is 11.9. The molecular formula is C11H22N2O2. The highest BCUT2D eigenvalue weighted by Crippen LogP contribution is 2.13. The van der Waals surface area contributed by atoms with Gasteiger partial charge in [-0.05, 0) is 20.0 Å². The van der Waals surface area contributed by atoms with Gasteiger partial charge in [0.15, 0.2) is 0 Å². The van der Waals surface area contributed by atoms with Gasteiger partial charge >= 0.3 is 0 Å². The van der Waals surface area contributed by atoms with E-state index in [4.69, 9.17) is 4.74 Å². The zero-order valence-corrected chi connectivity index (χ0v) is 9.95. The first kappa shape index (κ1) is 12.5. The van der Waals surface area contributed by atoms with Crippen LogP contribution in [-0.2, 0) is 9.53 Å². The van der Waals surface area contributed by atoms with Crippen molar-refractivity contribution in [3.8, 4) is 0 Å². The van der Waals surface area contributed by atoms with Crippen LogP contribution in [0, 0.1) is 5.92 Å². The standard InChI is InChI=1S/C11H22N2O2/c1-9(2)11(14)13-6-7-15-8-10(13)4-5-12-3/h9-10,12H,4-8H2,1-3H3. The van der Waals surface area contributed by atoms with Crippen LogP contribution in [0.5, 0.6) is 0 Å². The Morgan fingerprint density at radius 2 is 2.33 bits per heavy atom. The van der Waals surface area contributed by atoms with Crippen molar-refractivity contribution in [2.75, 3.05) is 33.4 Å². The van der Waals surface area contributed by atoms with Crippen LogP contribution in [0.3, 0.4) is 0 Å². The quantitative estimate of drug-likeness (QED) is 0.740. The van der Waals surface area contributed by atoms with Crippen molar-refractivity contribution in [1.29, 1.82) is 0 Å². The molecule has 1 rings (SSSR count). The second kappa shape index (κ2) is 6.08. The summed E-state index contributed by atoms with van der Waals surface area (Å²) in [5.41, 5.74) is 0. The summed E-state index contributed by atoms with van der Waals surface area (Å²) < 4.78 is 5.42. The first-order valence-corrected chi connectivity index (χ1v) is 5.69. The molecule has 0 aromatic carbocycles. The van der Waals surface area contributed by atoms with E-state index in [1.165, 1.54) is 0 Å². The summed E-state index contributed by atoms with van der Waals surface area (Å²) >= 11 is 0. The molecule has 0 aromatic rings. The Morgan fingerprint density at radius 3 is 2.93 bits per heavy atom. The molecule has 1 N–H and O–H groups in total. The fraction of sp³-hybridized carbons (Fsp3) is 0.909. The number of ether oxygens (including phenoxy) is 1. The van der Waals surface area contributed by atoms with Crippen molar-refractivity contribution >= 4 is 5.91 Å². The molecule has 1 saturated heterocycles. The van der Waals surface area contributed by atoms with E-state index < -0.39 is 0 Å². The summed E-state index contributed by atoms with van der Waals surface area (Å²) in [5.74, 6) is 0.333. The van der Waals surface area contributed by atoms with Crippen molar-refractivity contribution in [3.05, 3.63) is 0 Å². The van der Waals surface area contributed by atoms with Crippen LogP contribution in [-0.4, -0.2) is 50.2 Å². The SMILES string of the molecule is CNCCC1COCCN1C(=O)C(C)C. The third kappa shape index (κ3) is 3.47. The van der Waals surface area contributed by atoms with Gasteiger partial charge in [0.25, 0.3) is 0 Å². The van der Waals surface area contributed by atoms with E-state index in [9.17, 15) is 4.79 Å². The number of nitrogens with one attached hydrogen (secondary N) is 1. The zero-order chi connectivity index (χ0) is 11.3. The first-order valence-electron chi connectivity index (χ1n) is 5.69. The molecule has 0 aliphatic carbocycles. The monoisotopic (exact) mass is 214 g/mol. The summed E-state index contributed by atoms with van der Waals surface area (Å²) in [4.78, 5) is 13.9. The van der Waals surface area contributed by atoms with Crippen LogP contribution in [0.15, 0.2) is 0 Å². The van der Waals surface area contributed by atoms with Gasteiger partial charge in [-0.25, -0.2) is 0 Å². The number of morpholine rings is 1. The van der Waals surface area contributed by atoms with Crippen LogP contribution in [0.25, 0.3) is 0 Å². The molecule has 1 unspecified atom stereocenters. The van der Waals surface area contributed by atoms with E-state index in [0.29, 0.717) is 13.2 Å². The van der Waals surface area contributed by atoms with Crippen molar-refractivity contribution in [2.24, 2.45) is 5.92 Å². The molecule has 4 nitrogen and oxygen atoms in total. The Morgan fingerprint density at radius 1 is 1.60 bits per heavy atom. The Balaban J connectivity index is 2.53. The predicted octanol–water partition coefficient (Wildman–Crippen LogP) is 0.479. The number of rotatable bonds is 4. The Kier molecular flexibility index (Phi) is 5.05. The lowest BCUT2D eigenvalue weighted by Crippen LogP contribution is -2.50. The van der Waals surface area contributed by atoms with Gasteiger partial charge < -0.3 is 15.0 Å². The highest BCUT2D eigenvalue weighted by Gasteiger charge is 2.27. The van der Waals surface area contributed by atoms with E-state index in [-0.39, 0.29) is 17.9 Å². The molecule has 1 aliphatic rings. The van der Waals surface area contributed by atoms with Crippen LogP contribution >= 0.6 is 0 Å². The molecule has 1 fully saturated rings. The third-order valence-corrected chi connectivity index (χ3v) is 2.73. The summed E-state index contributed by atoms with van der Waals surface area (Å²) in [7, 11) is 1.93. The minimum Gasteiger partial charge on any atom is -0.377 e. The highest BCUT2D eigenvalue weighted by molar-refractivity contribution is 5.78. The molecule has 1 aliphatic heterocycles. The smallest absolute Gasteiger partial charge is 0.225 e. The lowest BCUT2D eigenvalue weighted by Gasteiger charge is -2.36. The lowest BCUT2D eigenvalue weighted by molar-refractivity contribution is -0.143. The largest absolute Gasteiger partial charge is 0.377 e. The number of carbonyl (C=O) groups is 1. The van der Waals surface area contributed by atoms with E-state index in [0.717, 1.165) is 19.5 Å². The van der Waals surface area contributed by atoms with Gasteiger partial charge in [-0.1, -0.05) is 13.8 Å². The number of amides is 1. The van der Waals surface area contributed by atoms with Gasteiger partial charge in [-0.3, -0.25) is 4.79 Å². The molecule has 0 spiro atoms. The Hall–Kier alpha value is -0.610. The van der Waals surface area contributed by atoms with E-state index >= 15 is 0 Å². The lowest BCUT2D eigenvalue weighted by atomic mass is 10.1. The fourth-order valence-corrected chi connectivity index (χ4v) is 1.83. The molecular weight excluding hydrogens is 192 g/mol. The second-order valence-corrected chi connectivity index (χ2v) is 4.31. The topological polar surface area (TPSA) is 41.6 Å². The molecule has 0 radical (unpaired) electrons. The van der Waals surface area contributed by atoms with Crippen LogP contribution in [0.4, 0.5) is 0 Å². The van der Waals surface area contributed by atoms with Gasteiger partial charge in [-0.15, -0.1) is 0 Å². The van der Waals surface area contributed by atoms with Gasteiger partial charge in [0, 0.05) is 12.5 Å². The summed E-state index contributed by atoms with van der Waals surface area (Å²) in [5, 5.41) is 3.11. The molecule has 0 aromatic heterocycles. The van der Waals surface area contributed by atoms with Gasteiger partial charge in [0.05, 0.1) is 19.3 Å². The maximum absolute atomic E-state index is 11.9. The molecule has 1 atom stereocenters. The van der Waals surface area contributed by atoms with Crippen LogP contribution < -0.4 is 5.32 Å². The minimum absolute atomic E-state index is 0.0835. The predicted molar refractivity (Wildman–Crippen MR) is 59.7 cm³/mol. The molecule has 0 saturated carbocycles. The molecule has 1 heterocycles. The van der Waals surface area contributed by atoms with Gasteiger partial charge in [0.2, 0.25) is 5.91 Å². The van der Waals surface area contributed by atoms with E-state index in [1.54, 1.807) is 0 Å². The Bertz CT molecular complexity index is 207.